The first-order valence-electron chi connectivity index (χ1n) is 8.84. The maximum atomic E-state index is 13.5. The van der Waals surface area contributed by atoms with E-state index < -0.39 is 21.9 Å². The number of hydrogen-bond donors (Lipinski definition) is 1. The van der Waals surface area contributed by atoms with Gasteiger partial charge in [0.25, 0.3) is 0 Å². The van der Waals surface area contributed by atoms with Crippen LogP contribution in [0.2, 0.25) is 0 Å². The second-order valence-electron chi connectivity index (χ2n) is 6.77. The molecule has 2 rings (SSSR count). The van der Waals surface area contributed by atoms with Gasteiger partial charge in [-0.3, -0.25) is 9.10 Å². The van der Waals surface area contributed by atoms with Crippen molar-refractivity contribution >= 4 is 21.6 Å². The second-order valence-corrected chi connectivity index (χ2v) is 8.62. The van der Waals surface area contributed by atoms with Crippen molar-refractivity contribution in [1.29, 1.82) is 0 Å². The van der Waals surface area contributed by atoms with Crippen molar-refractivity contribution in [2.45, 2.75) is 64.0 Å². The molecule has 0 heterocycles. The Hall–Kier alpha value is -1.63. The van der Waals surface area contributed by atoms with E-state index in [1.165, 1.54) is 44.4 Å². The monoisotopic (exact) mass is 370 g/mol. The molecule has 0 spiro atoms. The Morgan fingerprint density at radius 1 is 1.20 bits per heavy atom. The van der Waals surface area contributed by atoms with Crippen LogP contribution in [0.3, 0.4) is 0 Å². The predicted octanol–water partition coefficient (Wildman–Crippen LogP) is 3.21. The molecule has 0 aromatic heterocycles. The van der Waals surface area contributed by atoms with Gasteiger partial charge in [0.2, 0.25) is 15.9 Å². The van der Waals surface area contributed by atoms with Gasteiger partial charge in [-0.05, 0) is 38.0 Å². The molecule has 0 saturated heterocycles. The van der Waals surface area contributed by atoms with Crippen molar-refractivity contribution in [2.24, 2.45) is 0 Å². The van der Waals surface area contributed by atoms with Crippen LogP contribution in [0.25, 0.3) is 0 Å². The summed E-state index contributed by atoms with van der Waals surface area (Å²) in [5.41, 5.74) is 0.155. The lowest BCUT2D eigenvalue weighted by Crippen LogP contribution is -2.50. The predicted molar refractivity (Wildman–Crippen MR) is 97.4 cm³/mol. The van der Waals surface area contributed by atoms with Gasteiger partial charge >= 0.3 is 0 Å². The Kier molecular flexibility index (Phi) is 6.81. The number of rotatable bonds is 5. The van der Waals surface area contributed by atoms with Crippen LogP contribution in [0, 0.1) is 5.82 Å². The van der Waals surface area contributed by atoms with Gasteiger partial charge in [-0.15, -0.1) is 0 Å². The zero-order valence-corrected chi connectivity index (χ0v) is 15.7. The molecule has 1 N–H and O–H groups in total. The minimum atomic E-state index is -3.73. The van der Waals surface area contributed by atoms with Gasteiger partial charge in [0, 0.05) is 6.04 Å². The summed E-state index contributed by atoms with van der Waals surface area (Å²) in [5.74, 6) is -0.890. The van der Waals surface area contributed by atoms with Crippen molar-refractivity contribution in [3.8, 4) is 0 Å². The van der Waals surface area contributed by atoms with E-state index in [1.807, 2.05) is 0 Å². The molecular formula is C18H27FN2O3S. The van der Waals surface area contributed by atoms with E-state index in [1.54, 1.807) is 0 Å². The van der Waals surface area contributed by atoms with E-state index in [0.29, 0.717) is 0 Å². The van der Waals surface area contributed by atoms with Crippen LogP contribution in [0.4, 0.5) is 10.1 Å². The fraction of sp³-hybridized carbons (Fsp3) is 0.611. The first-order valence-corrected chi connectivity index (χ1v) is 10.7. The lowest BCUT2D eigenvalue weighted by atomic mass is 9.96. The highest BCUT2D eigenvalue weighted by Crippen LogP contribution is 2.22. The maximum absolute atomic E-state index is 13.5. The summed E-state index contributed by atoms with van der Waals surface area (Å²) in [4.78, 5) is 12.6. The zero-order valence-electron chi connectivity index (χ0n) is 14.9. The number of halogens is 1. The average molecular weight is 370 g/mol. The summed E-state index contributed by atoms with van der Waals surface area (Å²) in [6, 6.07) is 4.42. The first kappa shape index (κ1) is 19.7. The third-order valence-corrected chi connectivity index (χ3v) is 5.84. The molecular weight excluding hydrogens is 343 g/mol. The lowest BCUT2D eigenvalue weighted by Gasteiger charge is -2.30. The van der Waals surface area contributed by atoms with Gasteiger partial charge in [0.05, 0.1) is 11.9 Å². The van der Waals surface area contributed by atoms with Gasteiger partial charge < -0.3 is 5.32 Å². The molecule has 5 nitrogen and oxygen atoms in total. The number of nitrogens with one attached hydrogen (secondary N) is 1. The SMILES string of the molecule is C[C@@H](C(=O)NC1CCCCCCC1)N(c1cccc(F)c1)S(C)(=O)=O. The summed E-state index contributed by atoms with van der Waals surface area (Å²) >= 11 is 0. The van der Waals surface area contributed by atoms with Gasteiger partial charge in [-0.1, -0.05) is 38.2 Å². The van der Waals surface area contributed by atoms with Crippen molar-refractivity contribution in [3.05, 3.63) is 30.1 Å². The standard InChI is InChI=1S/C18H27FN2O3S/c1-14(18(22)20-16-10-6-4-3-5-7-11-16)21(25(2,23)24)17-12-8-9-15(19)13-17/h8-9,12-14,16H,3-7,10-11H2,1-2H3,(H,20,22)/t14-/m0/s1. The van der Waals surface area contributed by atoms with Crippen LogP contribution >= 0.6 is 0 Å². The highest BCUT2D eigenvalue weighted by molar-refractivity contribution is 7.92. The minimum Gasteiger partial charge on any atom is -0.352 e. The summed E-state index contributed by atoms with van der Waals surface area (Å²) in [5, 5.41) is 2.98. The summed E-state index contributed by atoms with van der Waals surface area (Å²) < 4.78 is 38.9. The average Bonchev–Trinajstić information content (AvgIpc) is 2.48. The summed E-state index contributed by atoms with van der Waals surface area (Å²) in [6.07, 6.45) is 8.56. The molecule has 1 atom stereocenters. The highest BCUT2D eigenvalue weighted by Gasteiger charge is 2.30. The maximum Gasteiger partial charge on any atom is 0.243 e. The van der Waals surface area contributed by atoms with Crippen molar-refractivity contribution < 1.29 is 17.6 Å². The van der Waals surface area contributed by atoms with E-state index in [4.69, 9.17) is 0 Å². The minimum absolute atomic E-state index is 0.0733. The molecule has 0 aliphatic heterocycles. The van der Waals surface area contributed by atoms with E-state index in [2.05, 4.69) is 5.32 Å². The number of sulfonamides is 1. The normalized spacial score (nSPS) is 18.0. The molecule has 1 saturated carbocycles. The number of nitrogens with zero attached hydrogens (tertiary/aromatic N) is 1. The van der Waals surface area contributed by atoms with Crippen LogP contribution in [0.5, 0.6) is 0 Å². The molecule has 1 fully saturated rings. The third kappa shape index (κ3) is 5.70. The molecule has 1 aliphatic rings. The summed E-state index contributed by atoms with van der Waals surface area (Å²) in [7, 11) is -3.73. The van der Waals surface area contributed by atoms with Crippen LogP contribution in [0.15, 0.2) is 24.3 Å². The van der Waals surface area contributed by atoms with Crippen LogP contribution < -0.4 is 9.62 Å². The molecule has 0 radical (unpaired) electrons. The van der Waals surface area contributed by atoms with Crippen molar-refractivity contribution in [3.63, 3.8) is 0 Å². The topological polar surface area (TPSA) is 66.5 Å². The van der Waals surface area contributed by atoms with E-state index in [-0.39, 0.29) is 17.6 Å². The smallest absolute Gasteiger partial charge is 0.243 e. The lowest BCUT2D eigenvalue weighted by molar-refractivity contribution is -0.122. The van der Waals surface area contributed by atoms with E-state index >= 15 is 0 Å². The molecule has 0 unspecified atom stereocenters. The van der Waals surface area contributed by atoms with Gasteiger partial charge in [0.1, 0.15) is 11.9 Å². The Bertz CT molecular complexity index is 685. The Balaban J connectivity index is 2.15. The van der Waals surface area contributed by atoms with Gasteiger partial charge in [-0.2, -0.15) is 0 Å². The number of hydrogen-bond acceptors (Lipinski definition) is 3. The molecule has 0 bridgehead atoms. The molecule has 1 aliphatic carbocycles. The van der Waals surface area contributed by atoms with Crippen molar-refractivity contribution in [2.75, 3.05) is 10.6 Å². The Morgan fingerprint density at radius 2 is 1.80 bits per heavy atom. The van der Waals surface area contributed by atoms with E-state index in [0.717, 1.165) is 42.3 Å². The molecule has 1 aromatic rings. The van der Waals surface area contributed by atoms with Gasteiger partial charge in [-0.25, -0.2) is 12.8 Å². The Labute approximate surface area is 149 Å². The fourth-order valence-corrected chi connectivity index (χ4v) is 4.51. The van der Waals surface area contributed by atoms with Gasteiger partial charge in [0.15, 0.2) is 0 Å². The number of carbonyl (C=O) groups is 1. The molecule has 140 valence electrons. The molecule has 7 heteroatoms. The Morgan fingerprint density at radius 3 is 2.36 bits per heavy atom. The third-order valence-electron chi connectivity index (χ3n) is 4.60. The molecule has 1 aromatic carbocycles. The number of benzene rings is 1. The second kappa shape index (κ2) is 8.65. The summed E-state index contributed by atoms with van der Waals surface area (Å²) in [6.45, 7) is 1.53. The van der Waals surface area contributed by atoms with E-state index in [9.17, 15) is 17.6 Å². The van der Waals surface area contributed by atoms with Crippen molar-refractivity contribution in [1.82, 2.24) is 5.32 Å². The molecule has 1 amide bonds. The van der Waals surface area contributed by atoms with Crippen LogP contribution in [-0.2, 0) is 14.8 Å². The first-order chi connectivity index (χ1) is 11.8. The number of anilines is 1. The fourth-order valence-electron chi connectivity index (χ4n) is 3.34. The van der Waals surface area contributed by atoms with Crippen LogP contribution in [0.1, 0.15) is 51.9 Å². The molecule has 25 heavy (non-hydrogen) atoms. The number of carbonyl (C=O) groups excluding carboxylic acids is 1. The zero-order chi connectivity index (χ0) is 18.4. The largest absolute Gasteiger partial charge is 0.352 e. The quantitative estimate of drug-likeness (QED) is 0.865. The highest BCUT2D eigenvalue weighted by atomic mass is 32.2. The number of amides is 1. The van der Waals surface area contributed by atoms with Crippen LogP contribution in [-0.4, -0.2) is 32.7 Å².